The van der Waals surface area contributed by atoms with Gasteiger partial charge in [-0.2, -0.15) is 0 Å². The highest BCUT2D eigenvalue weighted by Gasteiger charge is 2.16. The van der Waals surface area contributed by atoms with Crippen molar-refractivity contribution >= 4 is 12.4 Å². The van der Waals surface area contributed by atoms with Gasteiger partial charge in [0.1, 0.15) is 11.6 Å². The summed E-state index contributed by atoms with van der Waals surface area (Å²) in [5.41, 5.74) is 1.03. The number of methoxy groups -OCH3 is 1. The Bertz CT molecular complexity index is 289. The van der Waals surface area contributed by atoms with Crippen molar-refractivity contribution in [2.24, 2.45) is 0 Å². The average Bonchev–Trinajstić information content (AvgIpc) is 2.02. The van der Waals surface area contributed by atoms with E-state index >= 15 is 0 Å². The molecule has 0 aliphatic carbocycles. The van der Waals surface area contributed by atoms with Gasteiger partial charge in [0.25, 0.3) is 0 Å². The fourth-order valence-electron chi connectivity index (χ4n) is 1.37. The van der Waals surface area contributed by atoms with Gasteiger partial charge in [-0.05, 0) is 24.0 Å². The first-order chi connectivity index (χ1) is 6.06. The third kappa shape index (κ3) is 2.01. The summed E-state index contributed by atoms with van der Waals surface area (Å²) in [6.45, 7) is 2.50. The first kappa shape index (κ1) is 10.1. The predicted molar refractivity (Wildman–Crippen MR) is 51.2 cm³/mol. The van der Waals surface area contributed by atoms with Crippen LogP contribution in [0.4, 0.5) is 4.39 Å². The van der Waals surface area contributed by atoms with Crippen LogP contribution in [0, 0.1) is 12.7 Å². The number of halogens is 1. The van der Waals surface area contributed by atoms with Crippen molar-refractivity contribution in [3.05, 3.63) is 23.5 Å². The molecule has 0 spiro atoms. The Kier molecular flexibility index (Phi) is 2.93. The van der Waals surface area contributed by atoms with Crippen molar-refractivity contribution in [3.63, 3.8) is 0 Å². The van der Waals surface area contributed by atoms with E-state index < -0.39 is 12.7 Å². The second-order valence-electron chi connectivity index (χ2n) is 3.02. The van der Waals surface area contributed by atoms with E-state index in [0.29, 0.717) is 16.8 Å². The zero-order valence-corrected chi connectivity index (χ0v) is 7.97. The number of rotatable bonds is 2. The van der Waals surface area contributed by atoms with Crippen LogP contribution in [0.2, 0.25) is 6.82 Å². The minimum Gasteiger partial charge on any atom is -0.497 e. The molecule has 0 saturated carbocycles. The van der Waals surface area contributed by atoms with Gasteiger partial charge in [-0.25, -0.2) is 4.39 Å². The zero-order valence-electron chi connectivity index (χ0n) is 7.97. The summed E-state index contributed by atoms with van der Waals surface area (Å²) in [6, 6.07) is 2.97. The van der Waals surface area contributed by atoms with Crippen LogP contribution in [-0.2, 0) is 0 Å². The quantitative estimate of drug-likeness (QED) is 0.690. The molecule has 1 aromatic rings. The molecular formula is C9H12BFO2. The number of aryl methyl sites for hydroxylation is 1. The number of ether oxygens (including phenoxy) is 1. The van der Waals surface area contributed by atoms with Gasteiger partial charge in [-0.15, -0.1) is 0 Å². The molecule has 2 nitrogen and oxygen atoms in total. The average molecular weight is 182 g/mol. The molecule has 0 bridgehead atoms. The van der Waals surface area contributed by atoms with Crippen LogP contribution >= 0.6 is 0 Å². The summed E-state index contributed by atoms with van der Waals surface area (Å²) in [5, 5.41) is 9.27. The predicted octanol–water partition coefficient (Wildman–Crippen LogP) is 0.963. The number of hydrogen-bond donors (Lipinski definition) is 1. The molecule has 4 heteroatoms. The molecule has 0 amide bonds. The molecule has 70 valence electrons. The molecule has 13 heavy (non-hydrogen) atoms. The van der Waals surface area contributed by atoms with E-state index in [1.165, 1.54) is 20.0 Å². The molecule has 0 saturated heterocycles. The fraction of sp³-hybridized carbons (Fsp3) is 0.333. The topological polar surface area (TPSA) is 29.5 Å². The molecule has 0 radical (unpaired) electrons. The minimum atomic E-state index is -0.786. The molecule has 1 rings (SSSR count). The van der Waals surface area contributed by atoms with E-state index in [-0.39, 0.29) is 0 Å². The summed E-state index contributed by atoms with van der Waals surface area (Å²) in [4.78, 5) is 0. The standard InChI is InChI=1S/C9H12BFO2/c1-6-4-7(13-3)5-8(11)9(6)10(2)12/h4-5,12H,1-3H3. The van der Waals surface area contributed by atoms with E-state index in [0.717, 1.165) is 0 Å². The van der Waals surface area contributed by atoms with Crippen molar-refractivity contribution in [3.8, 4) is 5.75 Å². The van der Waals surface area contributed by atoms with Gasteiger partial charge >= 0.3 is 6.92 Å². The Labute approximate surface area is 77.5 Å². The Morgan fingerprint density at radius 3 is 2.46 bits per heavy atom. The van der Waals surface area contributed by atoms with Crippen LogP contribution in [0.5, 0.6) is 5.75 Å². The van der Waals surface area contributed by atoms with Gasteiger partial charge in [-0.3, -0.25) is 0 Å². The van der Waals surface area contributed by atoms with E-state index in [4.69, 9.17) is 4.74 Å². The van der Waals surface area contributed by atoms with Crippen molar-refractivity contribution in [2.75, 3.05) is 7.11 Å². The maximum atomic E-state index is 13.3. The van der Waals surface area contributed by atoms with Crippen LogP contribution in [-0.4, -0.2) is 19.0 Å². The van der Waals surface area contributed by atoms with E-state index in [1.54, 1.807) is 13.0 Å². The lowest BCUT2D eigenvalue weighted by Crippen LogP contribution is -2.31. The Morgan fingerprint density at radius 1 is 1.46 bits per heavy atom. The highest BCUT2D eigenvalue weighted by Crippen LogP contribution is 2.13. The molecule has 0 aliphatic heterocycles. The lowest BCUT2D eigenvalue weighted by Gasteiger charge is -2.09. The summed E-state index contributed by atoms with van der Waals surface area (Å²) in [6.07, 6.45) is 0. The third-order valence-corrected chi connectivity index (χ3v) is 1.96. The number of hydrogen-bond acceptors (Lipinski definition) is 2. The second-order valence-corrected chi connectivity index (χ2v) is 3.02. The zero-order chi connectivity index (χ0) is 10.0. The van der Waals surface area contributed by atoms with Gasteiger partial charge in [0, 0.05) is 6.07 Å². The first-order valence-electron chi connectivity index (χ1n) is 4.08. The molecule has 1 aromatic carbocycles. The lowest BCUT2D eigenvalue weighted by atomic mass is 9.62. The Balaban J connectivity index is 3.23. The van der Waals surface area contributed by atoms with E-state index in [2.05, 4.69) is 0 Å². The van der Waals surface area contributed by atoms with Crippen molar-refractivity contribution in [1.29, 1.82) is 0 Å². The largest absolute Gasteiger partial charge is 0.497 e. The lowest BCUT2D eigenvalue weighted by molar-refractivity contribution is 0.411. The maximum Gasteiger partial charge on any atom is 0.323 e. The molecule has 1 N–H and O–H groups in total. The molecule has 0 aliphatic rings. The van der Waals surface area contributed by atoms with Gasteiger partial charge < -0.3 is 9.76 Å². The van der Waals surface area contributed by atoms with Crippen LogP contribution < -0.4 is 10.2 Å². The van der Waals surface area contributed by atoms with Crippen molar-refractivity contribution in [1.82, 2.24) is 0 Å². The minimum absolute atomic E-state index is 0.334. The highest BCUT2D eigenvalue weighted by atomic mass is 19.1. The van der Waals surface area contributed by atoms with Crippen LogP contribution in [0.25, 0.3) is 0 Å². The molecule has 0 unspecified atom stereocenters. The third-order valence-electron chi connectivity index (χ3n) is 1.96. The van der Waals surface area contributed by atoms with E-state index in [9.17, 15) is 9.41 Å². The van der Waals surface area contributed by atoms with Gasteiger partial charge in [-0.1, -0.05) is 6.82 Å². The maximum absolute atomic E-state index is 13.3. The SMILES string of the molecule is COc1cc(C)c(B(C)O)c(F)c1. The van der Waals surface area contributed by atoms with Crippen LogP contribution in [0.3, 0.4) is 0 Å². The molecule has 0 fully saturated rings. The summed E-state index contributed by atoms with van der Waals surface area (Å²) < 4.78 is 18.2. The highest BCUT2D eigenvalue weighted by molar-refractivity contribution is 6.65. The van der Waals surface area contributed by atoms with Crippen LogP contribution in [0.1, 0.15) is 5.56 Å². The second kappa shape index (κ2) is 3.79. The van der Waals surface area contributed by atoms with Crippen molar-refractivity contribution in [2.45, 2.75) is 13.7 Å². The summed E-state index contributed by atoms with van der Waals surface area (Å²) in [5.74, 6) is 0.0475. The number of benzene rings is 1. The van der Waals surface area contributed by atoms with Gasteiger partial charge in [0.15, 0.2) is 0 Å². The summed E-state index contributed by atoms with van der Waals surface area (Å²) >= 11 is 0. The Hall–Kier alpha value is -1.03. The first-order valence-corrected chi connectivity index (χ1v) is 4.08. The van der Waals surface area contributed by atoms with Crippen molar-refractivity contribution < 1.29 is 14.2 Å². The molecule has 0 atom stereocenters. The van der Waals surface area contributed by atoms with Gasteiger partial charge in [0.2, 0.25) is 0 Å². The smallest absolute Gasteiger partial charge is 0.323 e. The van der Waals surface area contributed by atoms with Gasteiger partial charge in [0.05, 0.1) is 7.11 Å². The molecule has 0 aromatic heterocycles. The fourth-order valence-corrected chi connectivity index (χ4v) is 1.37. The Morgan fingerprint density at radius 2 is 2.08 bits per heavy atom. The summed E-state index contributed by atoms with van der Waals surface area (Å²) in [7, 11) is 1.48. The monoisotopic (exact) mass is 182 g/mol. The molecule has 0 heterocycles. The van der Waals surface area contributed by atoms with Crippen LogP contribution in [0.15, 0.2) is 12.1 Å². The van der Waals surface area contributed by atoms with E-state index in [1.807, 2.05) is 0 Å². The normalized spacial score (nSPS) is 9.92. The molecular weight excluding hydrogens is 170 g/mol.